The molecule has 0 spiro atoms. The fourth-order valence-corrected chi connectivity index (χ4v) is 9.27. The number of hydrogen-bond donors (Lipinski definition) is 3. The lowest BCUT2D eigenvalue weighted by Gasteiger charge is -2.30. The van der Waals surface area contributed by atoms with Crippen molar-refractivity contribution in [1.29, 1.82) is 0 Å². The van der Waals surface area contributed by atoms with Gasteiger partial charge < -0.3 is 26.4 Å². The van der Waals surface area contributed by atoms with E-state index in [1.54, 1.807) is 12.1 Å². The molecule has 2 heterocycles. The van der Waals surface area contributed by atoms with Crippen molar-refractivity contribution in [2.24, 2.45) is 0 Å². The van der Waals surface area contributed by atoms with Crippen LogP contribution in [0.5, 0.6) is 11.5 Å². The van der Waals surface area contributed by atoms with Crippen molar-refractivity contribution in [2.75, 3.05) is 31.1 Å². The molecule has 13 heteroatoms. The summed E-state index contributed by atoms with van der Waals surface area (Å²) >= 11 is 0. The third-order valence-corrected chi connectivity index (χ3v) is 12.6. The largest absolute Gasteiger partial charge is 0.454 e. The van der Waals surface area contributed by atoms with Crippen molar-refractivity contribution < 1.29 is 32.4 Å². The van der Waals surface area contributed by atoms with E-state index in [9.17, 15) is 22.8 Å². The van der Waals surface area contributed by atoms with Crippen LogP contribution >= 0.6 is 0 Å². The van der Waals surface area contributed by atoms with Crippen LogP contribution in [0, 0.1) is 6.92 Å². The number of nitrogens with zero attached hydrogens (tertiary/aromatic N) is 2. The molecule has 1 saturated heterocycles. The fourth-order valence-electron chi connectivity index (χ4n) is 7.53. The molecule has 6 rings (SSSR count). The predicted molar refractivity (Wildman–Crippen MR) is 208 cm³/mol. The van der Waals surface area contributed by atoms with Crippen LogP contribution in [0.1, 0.15) is 100 Å². The van der Waals surface area contributed by atoms with Gasteiger partial charge >= 0.3 is 5.97 Å². The Labute approximate surface area is 317 Å². The number of ether oxygens (including phenoxy) is 1. The Morgan fingerprint density at radius 3 is 2.20 bits per heavy atom. The molecule has 12 nitrogen and oxygen atoms in total. The van der Waals surface area contributed by atoms with Crippen molar-refractivity contribution in [3.8, 4) is 11.5 Å². The smallest absolute Gasteiger partial charge is 0.333 e. The lowest BCUT2D eigenvalue weighted by molar-refractivity contribution is -0.197. The first kappa shape index (κ1) is 39.0. The third-order valence-electron chi connectivity index (χ3n) is 10.6. The number of benzene rings is 3. The van der Waals surface area contributed by atoms with Crippen molar-refractivity contribution in [2.45, 2.75) is 101 Å². The summed E-state index contributed by atoms with van der Waals surface area (Å²) in [5.74, 6) is -1.13. The Morgan fingerprint density at radius 2 is 1.52 bits per heavy atom. The second-order valence-electron chi connectivity index (χ2n) is 14.4. The van der Waals surface area contributed by atoms with Gasteiger partial charge in [0.05, 0.1) is 5.69 Å². The van der Waals surface area contributed by atoms with Gasteiger partial charge in [-0.15, -0.1) is 5.06 Å². The lowest BCUT2D eigenvalue weighted by Crippen LogP contribution is -2.34. The number of sulfonamides is 1. The topological polar surface area (TPSA) is 174 Å². The molecule has 3 aromatic carbocycles. The minimum Gasteiger partial charge on any atom is -0.454 e. The van der Waals surface area contributed by atoms with Crippen LogP contribution in [0.4, 0.5) is 11.4 Å². The number of nitrogen functional groups attached to an aromatic ring is 2. The number of hydrogen-bond acceptors (Lipinski definition) is 10. The monoisotopic (exact) mass is 757 g/mol. The number of imide groups is 1. The average molecular weight is 758 g/mol. The number of carbonyl (C=O) groups is 3. The Balaban J connectivity index is 1.25. The molecule has 3 aliphatic rings. The van der Waals surface area contributed by atoms with E-state index in [2.05, 4.69) is 11.9 Å². The van der Waals surface area contributed by atoms with Gasteiger partial charge in [-0.25, -0.2) is 13.2 Å². The van der Waals surface area contributed by atoms with E-state index in [0.29, 0.717) is 59.4 Å². The summed E-state index contributed by atoms with van der Waals surface area (Å²) < 4.78 is 37.8. The van der Waals surface area contributed by atoms with Gasteiger partial charge in [-0.3, -0.25) is 9.59 Å². The van der Waals surface area contributed by atoms with Gasteiger partial charge in [0.15, 0.2) is 5.75 Å². The van der Waals surface area contributed by atoms with Gasteiger partial charge in [0.25, 0.3) is 11.8 Å². The third kappa shape index (κ3) is 8.48. The minimum atomic E-state index is -4.22. The van der Waals surface area contributed by atoms with Gasteiger partial charge in [0.2, 0.25) is 10.0 Å². The van der Waals surface area contributed by atoms with Gasteiger partial charge in [-0.2, -0.15) is 4.31 Å². The van der Waals surface area contributed by atoms with E-state index < -0.39 is 27.8 Å². The number of anilines is 2. The molecule has 288 valence electrons. The minimum absolute atomic E-state index is 0.0148. The number of nitrogens with one attached hydrogen (secondary N) is 1. The van der Waals surface area contributed by atoms with Crippen LogP contribution in [0.3, 0.4) is 0 Å². The molecule has 2 aliphatic heterocycles. The summed E-state index contributed by atoms with van der Waals surface area (Å²) in [5.41, 5.74) is 16.3. The second kappa shape index (κ2) is 17.2. The standard InChI is InChI=1S/C41H51N5O7S/c1-27-13-6-9-16-30(27)38-31-18-20-33(42)28(2)39(31)52-40-32(38)19-21-34(43)41(40)54(50,51)45(26-12-4-10-24-44-29-14-7-8-15-29)25-11-3-5-17-37(49)53-46-35(47)22-23-36(46)48/h6,9,13,16,18-21,29,44H,1,3-5,7-8,10-12,14-15,17,22-26,42-43H2,2H3. The number of unbranched alkanes of at least 4 members (excludes halogenated alkanes) is 4. The SMILES string of the molecule is C=c1ccccc1=C1c2ccc(N)c(C)c2Oc2c1ccc(N)c2S(=O)(=O)N(CCCCCNC1CCCC1)CCCCCC(=O)ON1C(=O)CCC1=O. The van der Waals surface area contributed by atoms with Crippen molar-refractivity contribution in [3.63, 3.8) is 0 Å². The molecule has 54 heavy (non-hydrogen) atoms. The summed E-state index contributed by atoms with van der Waals surface area (Å²) in [6.45, 7) is 7.46. The summed E-state index contributed by atoms with van der Waals surface area (Å²) in [6, 6.07) is 15.4. The van der Waals surface area contributed by atoms with Crippen molar-refractivity contribution >= 4 is 51.3 Å². The summed E-state index contributed by atoms with van der Waals surface area (Å²) in [6.07, 6.45) is 8.75. The maximum absolute atomic E-state index is 14.9. The zero-order valence-electron chi connectivity index (χ0n) is 31.0. The highest BCUT2D eigenvalue weighted by molar-refractivity contribution is 7.89. The highest BCUT2D eigenvalue weighted by Crippen LogP contribution is 2.49. The molecule has 5 N–H and O–H groups in total. The number of amides is 2. The van der Waals surface area contributed by atoms with Crippen LogP contribution in [-0.2, 0) is 29.2 Å². The zero-order valence-corrected chi connectivity index (χ0v) is 31.8. The van der Waals surface area contributed by atoms with Crippen LogP contribution in [0.15, 0.2) is 53.4 Å². The first-order valence-electron chi connectivity index (χ1n) is 19.1. The molecule has 2 fully saturated rings. The second-order valence-corrected chi connectivity index (χ2v) is 16.3. The fraction of sp³-hybridized carbons (Fsp3) is 0.439. The summed E-state index contributed by atoms with van der Waals surface area (Å²) in [7, 11) is -4.22. The number of fused-ring (bicyclic) bond motifs is 2. The number of hydroxylamine groups is 2. The number of nitrogens with two attached hydrogens (primary N) is 2. The first-order valence-corrected chi connectivity index (χ1v) is 20.5. The molecule has 0 atom stereocenters. The molecule has 0 radical (unpaired) electrons. The van der Waals surface area contributed by atoms with E-state index in [1.165, 1.54) is 30.0 Å². The number of carbonyl (C=O) groups excluding carboxylic acids is 3. The van der Waals surface area contributed by atoms with Gasteiger partial charge in [-0.1, -0.05) is 56.5 Å². The highest BCUT2D eigenvalue weighted by Gasteiger charge is 2.36. The zero-order chi connectivity index (χ0) is 38.4. The molecule has 0 aromatic heterocycles. The van der Waals surface area contributed by atoms with Gasteiger partial charge in [0, 0.05) is 66.3 Å². The Morgan fingerprint density at radius 1 is 0.889 bits per heavy atom. The molecule has 1 saturated carbocycles. The van der Waals surface area contributed by atoms with Gasteiger partial charge in [0.1, 0.15) is 10.6 Å². The molecular formula is C41H51N5O7S. The molecular weight excluding hydrogens is 707 g/mol. The average Bonchev–Trinajstić information content (AvgIpc) is 3.78. The quantitative estimate of drug-likeness (QED) is 0.0820. The maximum atomic E-state index is 14.9. The van der Waals surface area contributed by atoms with Gasteiger partial charge in [-0.05, 0) is 86.7 Å². The molecule has 1 aliphatic carbocycles. The van der Waals surface area contributed by atoms with E-state index in [0.717, 1.165) is 41.0 Å². The normalized spacial score (nSPS) is 16.8. The van der Waals surface area contributed by atoms with Crippen LogP contribution in [0.25, 0.3) is 12.2 Å². The Bertz CT molecular complexity index is 2120. The van der Waals surface area contributed by atoms with Crippen LogP contribution in [-0.4, -0.2) is 61.2 Å². The number of rotatable bonds is 16. The summed E-state index contributed by atoms with van der Waals surface area (Å²) in [5, 5.41) is 5.78. The molecule has 3 aromatic rings. The van der Waals surface area contributed by atoms with E-state index in [4.69, 9.17) is 21.0 Å². The van der Waals surface area contributed by atoms with E-state index in [1.807, 2.05) is 43.3 Å². The van der Waals surface area contributed by atoms with Crippen LogP contribution in [0.2, 0.25) is 0 Å². The van der Waals surface area contributed by atoms with Crippen molar-refractivity contribution in [3.05, 3.63) is 75.7 Å². The van der Waals surface area contributed by atoms with E-state index in [-0.39, 0.29) is 48.7 Å². The molecule has 0 unspecified atom stereocenters. The van der Waals surface area contributed by atoms with Crippen molar-refractivity contribution in [1.82, 2.24) is 14.7 Å². The van der Waals surface area contributed by atoms with Crippen LogP contribution < -0.4 is 32.0 Å². The lowest BCUT2D eigenvalue weighted by atomic mass is 9.89. The molecule has 2 amide bonds. The predicted octanol–water partition coefficient (Wildman–Crippen LogP) is 4.78. The van der Waals surface area contributed by atoms with E-state index >= 15 is 0 Å². The Hall–Kier alpha value is -4.72. The maximum Gasteiger partial charge on any atom is 0.333 e. The molecule has 0 bridgehead atoms. The highest BCUT2D eigenvalue weighted by atomic mass is 32.2. The Kier molecular flexibility index (Phi) is 12.4. The first-order chi connectivity index (χ1) is 26.0. The summed E-state index contributed by atoms with van der Waals surface area (Å²) in [4.78, 5) is 40.9.